The van der Waals surface area contributed by atoms with E-state index in [1.54, 1.807) is 37.2 Å². The topological polar surface area (TPSA) is 49.7 Å². The largest absolute Gasteiger partial charge is 0.368 e. The Balaban J connectivity index is 2.49. The van der Waals surface area contributed by atoms with Gasteiger partial charge in [-0.25, -0.2) is 0 Å². The van der Waals surface area contributed by atoms with Crippen LogP contribution in [0.5, 0.6) is 0 Å². The van der Waals surface area contributed by atoms with Crippen molar-refractivity contribution in [1.82, 2.24) is 4.90 Å². The van der Waals surface area contributed by atoms with Gasteiger partial charge in [-0.2, -0.15) is 8.42 Å². The number of hydrogen-bond acceptors (Lipinski definition) is 2. The first kappa shape index (κ1) is 18.2. The third-order valence-corrected chi connectivity index (χ3v) is 5.40. The molecule has 4 nitrogen and oxygen atoms in total. The molecule has 0 fully saturated rings. The molecule has 0 amide bonds. The minimum Gasteiger partial charge on any atom is -0.368 e. The van der Waals surface area contributed by atoms with E-state index in [0.29, 0.717) is 5.56 Å². The molecule has 0 aliphatic rings. The van der Waals surface area contributed by atoms with Crippen molar-refractivity contribution in [3.63, 3.8) is 0 Å². The van der Waals surface area contributed by atoms with Crippen molar-refractivity contribution in [3.05, 3.63) is 54.1 Å². The Labute approximate surface area is 153 Å². The molecule has 0 radical (unpaired) electrons. The zero-order valence-corrected chi connectivity index (χ0v) is 16.6. The lowest BCUT2D eigenvalue weighted by molar-refractivity contribution is 0.595. The van der Waals surface area contributed by atoms with Gasteiger partial charge in [-0.05, 0) is 17.2 Å². The lowest BCUT2D eigenvalue weighted by Crippen LogP contribution is -2.10. The highest BCUT2D eigenvalue weighted by Crippen LogP contribution is 2.33. The molecule has 2 rings (SSSR count). The minimum absolute atomic E-state index is 0.0627. The Morgan fingerprint density at radius 2 is 1.65 bits per heavy atom. The zero-order chi connectivity index (χ0) is 17.0. The van der Waals surface area contributed by atoms with Crippen LogP contribution >= 0.6 is 31.9 Å². The summed E-state index contributed by atoms with van der Waals surface area (Å²) in [6, 6.07) is 14.5. The monoisotopic (exact) mass is 458 g/mol. The normalized spacial score (nSPS) is 12.0. The average Bonchev–Trinajstić information content (AvgIpc) is 2.53. The molecule has 0 aliphatic heterocycles. The minimum atomic E-state index is -3.75. The van der Waals surface area contributed by atoms with E-state index >= 15 is 0 Å². The number of sulfonamides is 1. The van der Waals surface area contributed by atoms with Crippen LogP contribution in [0.4, 0.5) is 0 Å². The summed E-state index contributed by atoms with van der Waals surface area (Å²) >= 11 is 6.88. The summed E-state index contributed by atoms with van der Waals surface area (Å²) in [4.78, 5) is 1.78. The number of alkyl halides is 2. The molecule has 0 bridgehead atoms. The molecule has 0 saturated carbocycles. The summed E-state index contributed by atoms with van der Waals surface area (Å²) in [5.41, 5.74) is 2.52. The first-order valence-electron chi connectivity index (χ1n) is 6.75. The van der Waals surface area contributed by atoms with Crippen LogP contribution in [0.3, 0.4) is 0 Å². The van der Waals surface area contributed by atoms with E-state index in [2.05, 4.69) is 36.3 Å². The van der Waals surface area contributed by atoms with Gasteiger partial charge >= 0.3 is 0 Å². The summed E-state index contributed by atoms with van der Waals surface area (Å²) in [6.07, 6.45) is 1.29. The van der Waals surface area contributed by atoms with E-state index in [1.165, 1.54) is 6.34 Å². The van der Waals surface area contributed by atoms with Crippen molar-refractivity contribution >= 4 is 48.2 Å². The standard InChI is InChI=1S/C16H16Br2N2O2S/c1-20(2)11-19-23(21,22)15-6-4-3-5-14(15)12-7-9-13(10-8-12)16(17)18/h3-11,16H,1-2H3/b19-11+. The van der Waals surface area contributed by atoms with Crippen molar-refractivity contribution in [3.8, 4) is 11.1 Å². The number of halogens is 2. The molecular formula is C16H16Br2N2O2S. The maximum absolute atomic E-state index is 12.5. The van der Waals surface area contributed by atoms with E-state index < -0.39 is 10.0 Å². The van der Waals surface area contributed by atoms with Gasteiger partial charge in [0.2, 0.25) is 0 Å². The fraction of sp³-hybridized carbons (Fsp3) is 0.188. The van der Waals surface area contributed by atoms with Gasteiger partial charge in [-0.3, -0.25) is 0 Å². The van der Waals surface area contributed by atoms with Crippen LogP contribution in [0.25, 0.3) is 11.1 Å². The van der Waals surface area contributed by atoms with Crippen LogP contribution in [0.1, 0.15) is 9.30 Å². The maximum Gasteiger partial charge on any atom is 0.284 e. The van der Waals surface area contributed by atoms with Crippen LogP contribution in [0, 0.1) is 0 Å². The Bertz CT molecular complexity index is 801. The molecule has 0 aromatic heterocycles. The molecule has 0 unspecified atom stereocenters. The summed E-state index contributed by atoms with van der Waals surface area (Å²) in [5.74, 6) is 0. The fourth-order valence-electron chi connectivity index (χ4n) is 1.95. The molecule has 0 aliphatic carbocycles. The van der Waals surface area contributed by atoms with Gasteiger partial charge in [0, 0.05) is 19.7 Å². The number of rotatable bonds is 5. The fourth-order valence-corrected chi connectivity index (χ4v) is 3.70. The molecule has 122 valence electrons. The van der Waals surface area contributed by atoms with Gasteiger partial charge in [-0.1, -0.05) is 74.3 Å². The first-order chi connectivity index (χ1) is 10.8. The third kappa shape index (κ3) is 4.65. The maximum atomic E-state index is 12.5. The molecule has 7 heteroatoms. The average molecular weight is 460 g/mol. The highest BCUT2D eigenvalue weighted by molar-refractivity contribution is 9.24. The van der Waals surface area contributed by atoms with E-state index in [4.69, 9.17) is 0 Å². The van der Waals surface area contributed by atoms with E-state index in [0.717, 1.165) is 11.1 Å². The molecule has 23 heavy (non-hydrogen) atoms. The van der Waals surface area contributed by atoms with E-state index in [1.807, 2.05) is 30.3 Å². The van der Waals surface area contributed by atoms with E-state index in [-0.39, 0.29) is 8.63 Å². The Morgan fingerprint density at radius 1 is 1.04 bits per heavy atom. The zero-order valence-electron chi connectivity index (χ0n) is 12.6. The van der Waals surface area contributed by atoms with Crippen molar-refractivity contribution in [2.45, 2.75) is 8.63 Å². The SMILES string of the molecule is CN(C)/C=N/S(=O)(=O)c1ccccc1-c1ccc(C(Br)Br)cc1. The third-order valence-electron chi connectivity index (χ3n) is 3.06. The predicted molar refractivity (Wildman–Crippen MR) is 102 cm³/mol. The van der Waals surface area contributed by atoms with Gasteiger partial charge in [-0.15, -0.1) is 4.40 Å². The molecule has 0 N–H and O–H groups in total. The lowest BCUT2D eigenvalue weighted by Gasteiger charge is -2.10. The molecule has 2 aromatic carbocycles. The molecule has 0 saturated heterocycles. The van der Waals surface area contributed by atoms with Gasteiger partial charge < -0.3 is 4.90 Å². The molecule has 2 aromatic rings. The second-order valence-corrected chi connectivity index (χ2v) is 9.74. The van der Waals surface area contributed by atoms with Crippen LogP contribution in [-0.4, -0.2) is 33.8 Å². The lowest BCUT2D eigenvalue weighted by atomic mass is 10.0. The Morgan fingerprint density at radius 3 is 2.22 bits per heavy atom. The quantitative estimate of drug-likeness (QED) is 0.377. The van der Waals surface area contributed by atoms with Gasteiger partial charge in [0.25, 0.3) is 10.0 Å². The second-order valence-electron chi connectivity index (χ2n) is 5.08. The van der Waals surface area contributed by atoms with Crippen LogP contribution < -0.4 is 0 Å². The van der Waals surface area contributed by atoms with Crippen LogP contribution in [0.15, 0.2) is 57.8 Å². The molecule has 0 atom stereocenters. The highest BCUT2D eigenvalue weighted by atomic mass is 79.9. The summed E-state index contributed by atoms with van der Waals surface area (Å²) in [5, 5.41) is 0. The van der Waals surface area contributed by atoms with Crippen molar-refractivity contribution in [1.29, 1.82) is 0 Å². The first-order valence-corrected chi connectivity index (χ1v) is 10.0. The number of nitrogens with zero attached hydrogens (tertiary/aromatic N) is 2. The van der Waals surface area contributed by atoms with Crippen molar-refractivity contribution < 1.29 is 8.42 Å². The molecule has 0 spiro atoms. The van der Waals surface area contributed by atoms with Crippen molar-refractivity contribution in [2.75, 3.05) is 14.1 Å². The van der Waals surface area contributed by atoms with Crippen molar-refractivity contribution in [2.24, 2.45) is 4.40 Å². The Kier molecular flexibility index (Phi) is 6.00. The summed E-state index contributed by atoms with van der Waals surface area (Å²) < 4.78 is 28.7. The van der Waals surface area contributed by atoms with Gasteiger partial charge in [0.1, 0.15) is 6.34 Å². The number of hydrogen-bond donors (Lipinski definition) is 0. The smallest absolute Gasteiger partial charge is 0.284 e. The number of benzene rings is 2. The molecule has 0 heterocycles. The van der Waals surface area contributed by atoms with Crippen LogP contribution in [0.2, 0.25) is 0 Å². The van der Waals surface area contributed by atoms with Crippen LogP contribution in [-0.2, 0) is 10.0 Å². The Hall–Kier alpha value is -1.18. The predicted octanol–water partition coefficient (Wildman–Crippen LogP) is 4.42. The highest BCUT2D eigenvalue weighted by Gasteiger charge is 2.18. The second kappa shape index (κ2) is 7.59. The van der Waals surface area contributed by atoms with E-state index in [9.17, 15) is 8.42 Å². The summed E-state index contributed by atoms with van der Waals surface area (Å²) in [7, 11) is -0.306. The summed E-state index contributed by atoms with van der Waals surface area (Å²) in [6.45, 7) is 0. The van der Waals surface area contributed by atoms with Gasteiger partial charge in [0.15, 0.2) is 0 Å². The molecular weight excluding hydrogens is 444 g/mol. The van der Waals surface area contributed by atoms with Gasteiger partial charge in [0.05, 0.1) is 8.63 Å².